The molecule has 4 nitrogen and oxygen atoms in total. The third-order valence-electron chi connectivity index (χ3n) is 5.95. The second-order valence-electron chi connectivity index (χ2n) is 7.92. The number of carbonyl (C=O) groups excluding carboxylic acids is 1. The molecule has 0 unspecified atom stereocenters. The highest BCUT2D eigenvalue weighted by atomic mass is 19.2. The van der Waals surface area contributed by atoms with E-state index >= 15 is 0 Å². The molecule has 0 radical (unpaired) electrons. The van der Waals surface area contributed by atoms with Gasteiger partial charge in [-0.1, -0.05) is 19.1 Å². The first kappa shape index (κ1) is 19.2. The number of piperidine rings is 1. The van der Waals surface area contributed by atoms with Crippen molar-refractivity contribution in [3.05, 3.63) is 35.4 Å². The van der Waals surface area contributed by atoms with E-state index in [4.69, 9.17) is 0 Å². The minimum Gasteiger partial charge on any atom is -0.351 e. The number of amides is 1. The lowest BCUT2D eigenvalue weighted by Gasteiger charge is -2.37. The smallest absolute Gasteiger partial charge is 0.237 e. The summed E-state index contributed by atoms with van der Waals surface area (Å²) in [5.41, 5.74) is 0.403. The van der Waals surface area contributed by atoms with Crippen molar-refractivity contribution in [3.8, 4) is 0 Å². The van der Waals surface area contributed by atoms with Gasteiger partial charge in [-0.05, 0) is 63.8 Å². The van der Waals surface area contributed by atoms with E-state index in [0.717, 1.165) is 57.9 Å². The van der Waals surface area contributed by atoms with Crippen LogP contribution in [0.3, 0.4) is 0 Å². The van der Waals surface area contributed by atoms with Crippen LogP contribution in [0.5, 0.6) is 0 Å². The Kier molecular flexibility index (Phi) is 5.92. The maximum absolute atomic E-state index is 13.8. The SMILES string of the molecule is CCCN1CC2(CCN(C)CC2)C[C@@H]1C(=O)NCc1cccc(F)c1F. The lowest BCUT2D eigenvalue weighted by molar-refractivity contribution is -0.125. The van der Waals surface area contributed by atoms with Gasteiger partial charge in [0.2, 0.25) is 5.91 Å². The van der Waals surface area contributed by atoms with Crippen LogP contribution in [0, 0.1) is 17.0 Å². The molecule has 1 aromatic carbocycles. The van der Waals surface area contributed by atoms with Crippen molar-refractivity contribution in [2.45, 2.75) is 45.2 Å². The molecule has 6 heteroatoms. The zero-order valence-electron chi connectivity index (χ0n) is 15.7. The topological polar surface area (TPSA) is 35.6 Å². The molecule has 0 aromatic heterocycles. The summed E-state index contributed by atoms with van der Waals surface area (Å²) in [5.74, 6) is -1.83. The summed E-state index contributed by atoms with van der Waals surface area (Å²) in [4.78, 5) is 17.4. The molecule has 144 valence electrons. The molecular formula is C20H29F2N3O. The zero-order valence-corrected chi connectivity index (χ0v) is 15.7. The molecule has 0 bridgehead atoms. The first-order valence-electron chi connectivity index (χ1n) is 9.57. The van der Waals surface area contributed by atoms with Crippen molar-refractivity contribution >= 4 is 5.91 Å². The van der Waals surface area contributed by atoms with Crippen molar-refractivity contribution in [3.63, 3.8) is 0 Å². The van der Waals surface area contributed by atoms with E-state index in [0.29, 0.717) is 0 Å². The standard InChI is InChI=1S/C20H29F2N3O/c1-3-9-25-14-20(7-10-24(2)11-8-20)12-17(25)19(26)23-13-15-5-4-6-16(21)18(15)22/h4-6,17H,3,7-14H2,1-2H3,(H,23,26)/t17-/m1/s1. The number of likely N-dealkylation sites (tertiary alicyclic amines) is 2. The van der Waals surface area contributed by atoms with Crippen LogP contribution in [-0.4, -0.2) is 55.0 Å². The number of halogens is 2. The van der Waals surface area contributed by atoms with E-state index in [-0.39, 0.29) is 29.5 Å². The molecule has 1 atom stereocenters. The molecule has 0 aliphatic carbocycles. The third-order valence-corrected chi connectivity index (χ3v) is 5.95. The highest BCUT2D eigenvalue weighted by Crippen LogP contribution is 2.43. The highest BCUT2D eigenvalue weighted by molar-refractivity contribution is 5.82. The molecule has 0 saturated carbocycles. The van der Waals surface area contributed by atoms with Crippen LogP contribution in [0.4, 0.5) is 8.78 Å². The van der Waals surface area contributed by atoms with E-state index in [1.54, 1.807) is 0 Å². The summed E-state index contributed by atoms with van der Waals surface area (Å²) < 4.78 is 27.1. The predicted octanol–water partition coefficient (Wildman–Crippen LogP) is 2.78. The van der Waals surface area contributed by atoms with Gasteiger partial charge in [-0.25, -0.2) is 8.78 Å². The van der Waals surface area contributed by atoms with Crippen molar-refractivity contribution in [2.24, 2.45) is 5.41 Å². The Hall–Kier alpha value is -1.53. The largest absolute Gasteiger partial charge is 0.351 e. The minimum absolute atomic E-state index is 0.0224. The summed E-state index contributed by atoms with van der Waals surface area (Å²) >= 11 is 0. The predicted molar refractivity (Wildman–Crippen MR) is 97.6 cm³/mol. The van der Waals surface area contributed by atoms with Crippen molar-refractivity contribution in [2.75, 3.05) is 33.2 Å². The molecule has 1 aromatic rings. The van der Waals surface area contributed by atoms with Crippen molar-refractivity contribution < 1.29 is 13.6 Å². The first-order chi connectivity index (χ1) is 12.4. The van der Waals surface area contributed by atoms with Gasteiger partial charge in [0.05, 0.1) is 6.04 Å². The first-order valence-corrected chi connectivity index (χ1v) is 9.57. The van der Waals surface area contributed by atoms with Gasteiger partial charge >= 0.3 is 0 Å². The molecule has 2 heterocycles. The number of benzene rings is 1. The Morgan fingerprint density at radius 2 is 2.04 bits per heavy atom. The van der Waals surface area contributed by atoms with Gasteiger partial charge in [0.15, 0.2) is 11.6 Å². The van der Waals surface area contributed by atoms with E-state index < -0.39 is 11.6 Å². The van der Waals surface area contributed by atoms with E-state index in [2.05, 4.69) is 29.1 Å². The van der Waals surface area contributed by atoms with E-state index in [1.165, 1.54) is 12.1 Å². The van der Waals surface area contributed by atoms with E-state index in [1.807, 2.05) is 0 Å². The minimum atomic E-state index is -0.879. The van der Waals surface area contributed by atoms with Gasteiger partial charge in [0, 0.05) is 18.7 Å². The monoisotopic (exact) mass is 365 g/mol. The fourth-order valence-electron chi connectivity index (χ4n) is 4.37. The van der Waals surface area contributed by atoms with Crippen LogP contribution in [0.1, 0.15) is 38.2 Å². The number of hydrogen-bond acceptors (Lipinski definition) is 3. The van der Waals surface area contributed by atoms with Gasteiger partial charge in [-0.3, -0.25) is 9.69 Å². The molecule has 2 aliphatic heterocycles. The molecule has 1 amide bonds. The van der Waals surface area contributed by atoms with Gasteiger partial charge in [0.1, 0.15) is 0 Å². The van der Waals surface area contributed by atoms with Gasteiger partial charge in [-0.15, -0.1) is 0 Å². The van der Waals surface area contributed by atoms with Crippen LogP contribution >= 0.6 is 0 Å². The van der Waals surface area contributed by atoms with Crippen LogP contribution in [0.25, 0.3) is 0 Å². The maximum Gasteiger partial charge on any atom is 0.237 e. The van der Waals surface area contributed by atoms with Crippen LogP contribution in [-0.2, 0) is 11.3 Å². The fourth-order valence-corrected chi connectivity index (χ4v) is 4.37. The average Bonchev–Trinajstić information content (AvgIpc) is 2.98. The average molecular weight is 365 g/mol. The lowest BCUT2D eigenvalue weighted by atomic mass is 9.76. The molecular weight excluding hydrogens is 336 g/mol. The normalized spacial score (nSPS) is 23.5. The van der Waals surface area contributed by atoms with Gasteiger partial charge in [-0.2, -0.15) is 0 Å². The second kappa shape index (κ2) is 8.01. The summed E-state index contributed by atoms with van der Waals surface area (Å²) in [7, 11) is 2.14. The summed E-state index contributed by atoms with van der Waals surface area (Å²) in [6.45, 7) is 6.14. The molecule has 2 saturated heterocycles. The fraction of sp³-hybridized carbons (Fsp3) is 0.650. The molecule has 3 rings (SSSR count). The second-order valence-corrected chi connectivity index (χ2v) is 7.92. The zero-order chi connectivity index (χ0) is 18.7. The van der Waals surface area contributed by atoms with Gasteiger partial charge < -0.3 is 10.2 Å². The van der Waals surface area contributed by atoms with Crippen LogP contribution in [0.15, 0.2) is 18.2 Å². The Bertz CT molecular complexity index is 644. The number of nitrogens with one attached hydrogen (secondary N) is 1. The number of hydrogen-bond donors (Lipinski definition) is 1. The molecule has 1 spiro atoms. The third kappa shape index (κ3) is 4.07. The molecule has 26 heavy (non-hydrogen) atoms. The highest BCUT2D eigenvalue weighted by Gasteiger charge is 2.47. The molecule has 2 fully saturated rings. The number of carbonyl (C=O) groups is 1. The Morgan fingerprint density at radius 3 is 2.73 bits per heavy atom. The Morgan fingerprint density at radius 1 is 1.31 bits per heavy atom. The van der Waals surface area contributed by atoms with Crippen molar-refractivity contribution in [1.82, 2.24) is 15.1 Å². The quantitative estimate of drug-likeness (QED) is 0.872. The number of nitrogens with zero attached hydrogens (tertiary/aromatic N) is 2. The van der Waals surface area contributed by atoms with Crippen LogP contribution < -0.4 is 5.32 Å². The van der Waals surface area contributed by atoms with E-state index in [9.17, 15) is 13.6 Å². The molecule has 2 aliphatic rings. The summed E-state index contributed by atoms with van der Waals surface area (Å²) in [6.07, 6.45) is 4.09. The summed E-state index contributed by atoms with van der Waals surface area (Å²) in [5, 5.41) is 2.83. The van der Waals surface area contributed by atoms with Gasteiger partial charge in [0.25, 0.3) is 0 Å². The lowest BCUT2D eigenvalue weighted by Crippen LogP contribution is -2.43. The summed E-state index contributed by atoms with van der Waals surface area (Å²) in [6, 6.07) is 3.89. The van der Waals surface area contributed by atoms with Crippen LogP contribution in [0.2, 0.25) is 0 Å². The Labute approximate surface area is 154 Å². The van der Waals surface area contributed by atoms with Crippen molar-refractivity contribution in [1.29, 1.82) is 0 Å². The molecule has 1 N–H and O–H groups in total. The maximum atomic E-state index is 13.8. The Balaban J connectivity index is 1.65. The number of rotatable bonds is 5.